The predicted octanol–water partition coefficient (Wildman–Crippen LogP) is 3.97. The van der Waals surface area contributed by atoms with Gasteiger partial charge in [0.1, 0.15) is 0 Å². The molecular formula is C11H20. The molecule has 0 aliphatic rings. The van der Waals surface area contributed by atoms with Crippen molar-refractivity contribution in [3.63, 3.8) is 0 Å². The van der Waals surface area contributed by atoms with Crippen molar-refractivity contribution >= 4 is 0 Å². The molecule has 0 aromatic carbocycles. The highest BCUT2D eigenvalue weighted by Crippen LogP contribution is 2.13. The van der Waals surface area contributed by atoms with Crippen molar-refractivity contribution in [2.24, 2.45) is 5.92 Å². The van der Waals surface area contributed by atoms with E-state index in [0.717, 1.165) is 0 Å². The van der Waals surface area contributed by atoms with Gasteiger partial charge in [0.25, 0.3) is 0 Å². The Labute approximate surface area is 71.3 Å². The Morgan fingerprint density at radius 1 is 1.45 bits per heavy atom. The summed E-state index contributed by atoms with van der Waals surface area (Å²) in [6.07, 6.45) is 5.26. The fourth-order valence-corrected chi connectivity index (χ4v) is 0.839. The summed E-state index contributed by atoms with van der Waals surface area (Å²) < 4.78 is 0. The van der Waals surface area contributed by atoms with E-state index in [9.17, 15) is 0 Å². The Hall–Kier alpha value is -0.780. The summed E-state index contributed by atoms with van der Waals surface area (Å²) in [5, 5.41) is 0. The van der Waals surface area contributed by atoms with Gasteiger partial charge in [-0.15, -0.1) is 13.2 Å². The third-order valence-electron chi connectivity index (χ3n) is 1.75. The zero-order valence-corrected chi connectivity index (χ0v) is 8.06. The second-order valence-corrected chi connectivity index (χ2v) is 2.30. The van der Waals surface area contributed by atoms with E-state index in [4.69, 9.17) is 0 Å². The minimum Gasteiger partial charge on any atom is -0.106 e. The number of rotatable bonds is 3. The fraction of sp³-hybridized carbons (Fsp3) is 0.455. The molecule has 0 amide bonds. The first-order chi connectivity index (χ1) is 5.26. The molecule has 0 heteroatoms. The van der Waals surface area contributed by atoms with Gasteiger partial charge in [0.2, 0.25) is 0 Å². The van der Waals surface area contributed by atoms with Gasteiger partial charge in [0.15, 0.2) is 0 Å². The fourth-order valence-electron chi connectivity index (χ4n) is 0.839. The van der Waals surface area contributed by atoms with Gasteiger partial charge >= 0.3 is 0 Å². The quantitative estimate of drug-likeness (QED) is 0.424. The van der Waals surface area contributed by atoms with E-state index in [1.807, 2.05) is 6.08 Å². The van der Waals surface area contributed by atoms with Gasteiger partial charge in [-0.3, -0.25) is 0 Å². The van der Waals surface area contributed by atoms with E-state index in [-0.39, 0.29) is 0 Å². The molecule has 0 spiro atoms. The zero-order valence-electron chi connectivity index (χ0n) is 8.06. The monoisotopic (exact) mass is 152 g/mol. The second-order valence-electron chi connectivity index (χ2n) is 2.30. The summed E-state index contributed by atoms with van der Waals surface area (Å²) >= 11 is 0. The van der Waals surface area contributed by atoms with E-state index >= 15 is 0 Å². The van der Waals surface area contributed by atoms with Gasteiger partial charge in [-0.25, -0.2) is 0 Å². The summed E-state index contributed by atoms with van der Waals surface area (Å²) in [4.78, 5) is 0. The SMILES string of the molecule is C=C.C=C/C(=C\C)C(C)CC. The molecule has 64 valence electrons. The molecule has 0 saturated carbocycles. The standard InChI is InChI=1S/C9H16.C2H4/c1-5-8(4)9(6-2)7-3;1-2/h6-8H,2,5H2,1,3-4H3;1-2H2/b9-7+;. The predicted molar refractivity (Wildman–Crippen MR) is 54.7 cm³/mol. The lowest BCUT2D eigenvalue weighted by Crippen LogP contribution is -1.93. The molecule has 0 aliphatic heterocycles. The second kappa shape index (κ2) is 9.22. The maximum absolute atomic E-state index is 3.73. The minimum atomic E-state index is 0.674. The van der Waals surface area contributed by atoms with Gasteiger partial charge in [0.05, 0.1) is 0 Å². The van der Waals surface area contributed by atoms with Gasteiger partial charge in [-0.2, -0.15) is 0 Å². The van der Waals surface area contributed by atoms with Crippen molar-refractivity contribution in [3.05, 3.63) is 37.5 Å². The van der Waals surface area contributed by atoms with E-state index in [0.29, 0.717) is 5.92 Å². The van der Waals surface area contributed by atoms with Crippen molar-refractivity contribution < 1.29 is 0 Å². The number of hydrogen-bond donors (Lipinski definition) is 0. The molecule has 1 atom stereocenters. The molecule has 11 heavy (non-hydrogen) atoms. The van der Waals surface area contributed by atoms with Gasteiger partial charge in [-0.1, -0.05) is 38.2 Å². The van der Waals surface area contributed by atoms with Crippen LogP contribution in [0.5, 0.6) is 0 Å². The Bertz CT molecular complexity index is 120. The molecule has 0 aromatic rings. The van der Waals surface area contributed by atoms with Crippen LogP contribution in [0.3, 0.4) is 0 Å². The molecule has 0 rings (SSSR count). The van der Waals surface area contributed by atoms with Crippen LogP contribution in [0.1, 0.15) is 27.2 Å². The topological polar surface area (TPSA) is 0 Å². The molecule has 0 N–H and O–H groups in total. The largest absolute Gasteiger partial charge is 0.106 e. The average molecular weight is 152 g/mol. The van der Waals surface area contributed by atoms with Crippen LogP contribution in [0.15, 0.2) is 37.5 Å². The molecule has 0 aliphatic carbocycles. The third kappa shape index (κ3) is 5.65. The Kier molecular flexibility index (Phi) is 10.8. The normalized spacial score (nSPS) is 12.8. The first-order valence-electron chi connectivity index (χ1n) is 4.04. The maximum atomic E-state index is 3.73. The molecule has 0 aromatic heterocycles. The number of allylic oxidation sites excluding steroid dienone is 3. The summed E-state index contributed by atoms with van der Waals surface area (Å²) in [5.41, 5.74) is 1.36. The molecule has 0 nitrogen and oxygen atoms in total. The highest BCUT2D eigenvalue weighted by Gasteiger charge is 1.99. The lowest BCUT2D eigenvalue weighted by atomic mass is 9.99. The van der Waals surface area contributed by atoms with Crippen LogP contribution in [-0.2, 0) is 0 Å². The van der Waals surface area contributed by atoms with Crippen molar-refractivity contribution in [2.45, 2.75) is 27.2 Å². The number of hydrogen-bond acceptors (Lipinski definition) is 0. The maximum Gasteiger partial charge on any atom is -0.0196 e. The van der Waals surface area contributed by atoms with Crippen LogP contribution >= 0.6 is 0 Å². The molecule has 0 bridgehead atoms. The summed E-state index contributed by atoms with van der Waals surface area (Å²) in [6, 6.07) is 0. The van der Waals surface area contributed by atoms with E-state index < -0.39 is 0 Å². The molecule has 1 unspecified atom stereocenters. The molecule has 0 radical (unpaired) electrons. The summed E-state index contributed by atoms with van der Waals surface area (Å²) in [5.74, 6) is 0.674. The lowest BCUT2D eigenvalue weighted by molar-refractivity contribution is 0.669. The van der Waals surface area contributed by atoms with Crippen molar-refractivity contribution in [2.75, 3.05) is 0 Å². The van der Waals surface area contributed by atoms with Crippen LogP contribution in [-0.4, -0.2) is 0 Å². The van der Waals surface area contributed by atoms with Crippen LogP contribution in [0.25, 0.3) is 0 Å². The average Bonchev–Trinajstić information content (AvgIpc) is 2.10. The minimum absolute atomic E-state index is 0.674. The van der Waals surface area contributed by atoms with Crippen molar-refractivity contribution in [1.29, 1.82) is 0 Å². The smallest absolute Gasteiger partial charge is 0.0196 e. The summed E-state index contributed by atoms with van der Waals surface area (Å²) in [6.45, 7) is 16.2. The summed E-state index contributed by atoms with van der Waals surface area (Å²) in [7, 11) is 0. The molecule has 0 fully saturated rings. The van der Waals surface area contributed by atoms with Crippen molar-refractivity contribution in [1.82, 2.24) is 0 Å². The van der Waals surface area contributed by atoms with Crippen LogP contribution < -0.4 is 0 Å². The van der Waals surface area contributed by atoms with Crippen LogP contribution in [0.4, 0.5) is 0 Å². The zero-order chi connectivity index (χ0) is 9.28. The van der Waals surface area contributed by atoms with Crippen LogP contribution in [0.2, 0.25) is 0 Å². The van der Waals surface area contributed by atoms with Gasteiger partial charge in [0, 0.05) is 0 Å². The van der Waals surface area contributed by atoms with Gasteiger partial charge in [-0.05, 0) is 19.3 Å². The lowest BCUT2D eigenvalue weighted by Gasteiger charge is -2.07. The third-order valence-corrected chi connectivity index (χ3v) is 1.75. The van der Waals surface area contributed by atoms with E-state index in [1.54, 1.807) is 0 Å². The first kappa shape index (κ1) is 12.9. The Morgan fingerprint density at radius 3 is 2.00 bits per heavy atom. The van der Waals surface area contributed by atoms with E-state index in [1.165, 1.54) is 12.0 Å². The van der Waals surface area contributed by atoms with Gasteiger partial charge < -0.3 is 0 Å². The Morgan fingerprint density at radius 2 is 1.91 bits per heavy atom. The van der Waals surface area contributed by atoms with Crippen LogP contribution in [0, 0.1) is 5.92 Å². The molecular weight excluding hydrogens is 132 g/mol. The first-order valence-corrected chi connectivity index (χ1v) is 4.04. The van der Waals surface area contributed by atoms with Crippen molar-refractivity contribution in [3.8, 4) is 0 Å². The molecule has 0 saturated heterocycles. The highest BCUT2D eigenvalue weighted by atomic mass is 14.0. The van der Waals surface area contributed by atoms with E-state index in [2.05, 4.69) is 46.6 Å². The highest BCUT2D eigenvalue weighted by molar-refractivity contribution is 5.17. The Balaban J connectivity index is 0. The molecule has 0 heterocycles.